The van der Waals surface area contributed by atoms with Crippen molar-refractivity contribution in [2.24, 2.45) is 0 Å². The second-order valence-electron chi connectivity index (χ2n) is 4.39. The highest BCUT2D eigenvalue weighted by molar-refractivity contribution is 8.06. The molecular formula is C11H20N2O3S2. The maximum absolute atomic E-state index is 11.7. The predicted octanol–water partition coefficient (Wildman–Crippen LogP) is 1.39. The van der Waals surface area contributed by atoms with Gasteiger partial charge in [-0.05, 0) is 13.3 Å². The Kier molecular flexibility index (Phi) is 6.14. The smallest absolute Gasteiger partial charge is 0.329 e. The van der Waals surface area contributed by atoms with Crippen LogP contribution in [0.5, 0.6) is 0 Å². The maximum Gasteiger partial charge on any atom is 0.329 e. The molecule has 2 atom stereocenters. The molecule has 2 unspecified atom stereocenters. The van der Waals surface area contributed by atoms with Crippen LogP contribution in [0.4, 0.5) is 4.79 Å². The lowest BCUT2D eigenvalue weighted by molar-refractivity contribution is -0.143. The van der Waals surface area contributed by atoms with Gasteiger partial charge in [-0.2, -0.15) is 23.5 Å². The number of carboxylic acids is 1. The molecule has 0 spiro atoms. The number of hydrogen-bond donors (Lipinski definition) is 3. The lowest BCUT2D eigenvalue weighted by Gasteiger charge is -2.26. The van der Waals surface area contributed by atoms with Gasteiger partial charge < -0.3 is 15.7 Å². The van der Waals surface area contributed by atoms with Crippen molar-refractivity contribution in [3.05, 3.63) is 0 Å². The maximum atomic E-state index is 11.7. The number of carboxylic acid groups (broad SMARTS) is 1. The third kappa shape index (κ3) is 4.61. The fourth-order valence-electron chi connectivity index (χ4n) is 1.45. The average molecular weight is 292 g/mol. The minimum atomic E-state index is -1.20. The van der Waals surface area contributed by atoms with Crippen LogP contribution >= 0.6 is 23.5 Å². The molecule has 18 heavy (non-hydrogen) atoms. The van der Waals surface area contributed by atoms with E-state index >= 15 is 0 Å². The molecular weight excluding hydrogens is 272 g/mol. The fraction of sp³-hybridized carbons (Fsp3) is 0.818. The minimum Gasteiger partial charge on any atom is -0.480 e. The van der Waals surface area contributed by atoms with E-state index in [4.69, 9.17) is 5.11 Å². The highest BCUT2D eigenvalue weighted by Gasteiger charge is 2.32. The molecule has 2 amide bonds. The minimum absolute atomic E-state index is 0.351. The van der Waals surface area contributed by atoms with Gasteiger partial charge in [-0.25, -0.2) is 9.59 Å². The summed E-state index contributed by atoms with van der Waals surface area (Å²) < 4.78 is 0. The molecule has 1 aliphatic rings. The Balaban J connectivity index is 2.34. The zero-order valence-electron chi connectivity index (χ0n) is 10.7. The van der Waals surface area contributed by atoms with Crippen LogP contribution < -0.4 is 10.6 Å². The second kappa shape index (κ2) is 7.13. The van der Waals surface area contributed by atoms with Crippen molar-refractivity contribution in [2.45, 2.75) is 31.1 Å². The first-order valence-corrected chi connectivity index (χ1v) is 8.17. The molecule has 0 aromatic heterocycles. The number of urea groups is 1. The molecule has 104 valence electrons. The summed E-state index contributed by atoms with van der Waals surface area (Å²) in [6.07, 6.45) is 0.351. The fourth-order valence-corrected chi connectivity index (χ4v) is 4.06. The van der Waals surface area contributed by atoms with Crippen LogP contribution in [0.15, 0.2) is 0 Å². The number of carbonyl (C=O) groups excluding carboxylic acids is 1. The van der Waals surface area contributed by atoms with Crippen molar-refractivity contribution in [1.29, 1.82) is 0 Å². The third-order valence-corrected chi connectivity index (χ3v) is 5.79. The molecule has 0 radical (unpaired) electrons. The molecule has 1 saturated heterocycles. The quantitative estimate of drug-likeness (QED) is 0.713. The molecule has 0 aliphatic carbocycles. The number of rotatable bonds is 5. The Labute approximate surface area is 116 Å². The van der Waals surface area contributed by atoms with Crippen molar-refractivity contribution in [1.82, 2.24) is 10.6 Å². The molecule has 3 N–H and O–H groups in total. The normalized spacial score (nSPS) is 22.9. The molecule has 1 fully saturated rings. The van der Waals surface area contributed by atoms with Crippen LogP contribution in [0, 0.1) is 0 Å². The standard InChI is InChI=1S/C11H20N2O3S2/c1-3-11(2,9(14)15)13-10(16)12-6-8-7-17-4-5-18-8/h8H,3-7H2,1-2H3,(H,14,15)(H2,12,13,16). The summed E-state index contributed by atoms with van der Waals surface area (Å²) in [5.74, 6) is 2.30. The highest BCUT2D eigenvalue weighted by atomic mass is 32.2. The summed E-state index contributed by atoms with van der Waals surface area (Å²) in [5, 5.41) is 14.7. The Morgan fingerprint density at radius 2 is 2.17 bits per heavy atom. The van der Waals surface area contributed by atoms with E-state index in [0.29, 0.717) is 18.2 Å². The molecule has 1 heterocycles. The molecule has 0 bridgehead atoms. The van der Waals surface area contributed by atoms with Crippen molar-refractivity contribution in [2.75, 3.05) is 23.8 Å². The molecule has 0 aromatic carbocycles. The van der Waals surface area contributed by atoms with Gasteiger partial charge in [-0.3, -0.25) is 0 Å². The van der Waals surface area contributed by atoms with Crippen LogP contribution in [0.25, 0.3) is 0 Å². The van der Waals surface area contributed by atoms with E-state index in [9.17, 15) is 9.59 Å². The molecule has 0 saturated carbocycles. The van der Waals surface area contributed by atoms with Gasteiger partial charge >= 0.3 is 12.0 Å². The van der Waals surface area contributed by atoms with E-state index in [-0.39, 0.29) is 0 Å². The van der Waals surface area contributed by atoms with Gasteiger partial charge in [0.15, 0.2) is 0 Å². The number of carbonyl (C=O) groups is 2. The van der Waals surface area contributed by atoms with Crippen LogP contribution in [-0.2, 0) is 4.79 Å². The second-order valence-corrected chi connectivity index (χ2v) is 6.95. The van der Waals surface area contributed by atoms with E-state index < -0.39 is 17.5 Å². The topological polar surface area (TPSA) is 78.4 Å². The summed E-state index contributed by atoms with van der Waals surface area (Å²) in [7, 11) is 0. The van der Waals surface area contributed by atoms with Crippen LogP contribution in [-0.4, -0.2) is 51.7 Å². The first-order chi connectivity index (χ1) is 8.48. The van der Waals surface area contributed by atoms with E-state index in [1.807, 2.05) is 23.5 Å². The number of nitrogens with one attached hydrogen (secondary N) is 2. The van der Waals surface area contributed by atoms with Crippen LogP contribution in [0.3, 0.4) is 0 Å². The van der Waals surface area contributed by atoms with Crippen LogP contribution in [0.2, 0.25) is 0 Å². The van der Waals surface area contributed by atoms with E-state index in [1.165, 1.54) is 12.7 Å². The zero-order valence-corrected chi connectivity index (χ0v) is 12.3. The summed E-state index contributed by atoms with van der Waals surface area (Å²) in [6, 6.07) is -0.405. The predicted molar refractivity (Wildman–Crippen MR) is 76.4 cm³/mol. The Morgan fingerprint density at radius 1 is 1.44 bits per heavy atom. The van der Waals surface area contributed by atoms with Crippen molar-refractivity contribution >= 4 is 35.5 Å². The van der Waals surface area contributed by atoms with Gasteiger partial charge in [0.2, 0.25) is 0 Å². The Hall–Kier alpha value is -0.560. The molecule has 0 aromatic rings. The van der Waals surface area contributed by atoms with Crippen molar-refractivity contribution in [3.63, 3.8) is 0 Å². The number of hydrogen-bond acceptors (Lipinski definition) is 4. The Morgan fingerprint density at radius 3 is 2.67 bits per heavy atom. The average Bonchev–Trinajstić information content (AvgIpc) is 2.37. The summed E-state index contributed by atoms with van der Waals surface area (Å²) in [4.78, 5) is 22.7. The van der Waals surface area contributed by atoms with Gasteiger partial charge in [0.05, 0.1) is 0 Å². The number of amides is 2. The summed E-state index contributed by atoms with van der Waals surface area (Å²) in [5.41, 5.74) is -1.20. The number of thioether (sulfide) groups is 2. The molecule has 1 aliphatic heterocycles. The summed E-state index contributed by atoms with van der Waals surface area (Å²) >= 11 is 3.75. The van der Waals surface area contributed by atoms with E-state index in [0.717, 1.165) is 11.5 Å². The van der Waals surface area contributed by atoms with E-state index in [1.54, 1.807) is 6.92 Å². The van der Waals surface area contributed by atoms with Gasteiger partial charge in [0.1, 0.15) is 5.54 Å². The van der Waals surface area contributed by atoms with Crippen LogP contribution in [0.1, 0.15) is 20.3 Å². The van der Waals surface area contributed by atoms with Gasteiger partial charge in [-0.1, -0.05) is 6.92 Å². The first kappa shape index (κ1) is 15.5. The van der Waals surface area contributed by atoms with Gasteiger partial charge in [-0.15, -0.1) is 0 Å². The zero-order chi connectivity index (χ0) is 13.6. The highest BCUT2D eigenvalue weighted by Crippen LogP contribution is 2.23. The molecule has 7 heteroatoms. The molecule has 5 nitrogen and oxygen atoms in total. The third-order valence-electron chi connectivity index (χ3n) is 2.94. The lowest BCUT2D eigenvalue weighted by Crippen LogP contribution is -2.55. The first-order valence-electron chi connectivity index (χ1n) is 5.96. The monoisotopic (exact) mass is 292 g/mol. The summed E-state index contributed by atoms with van der Waals surface area (Å²) in [6.45, 7) is 3.84. The van der Waals surface area contributed by atoms with Crippen molar-refractivity contribution in [3.8, 4) is 0 Å². The van der Waals surface area contributed by atoms with Gasteiger partial charge in [0, 0.05) is 29.1 Å². The molecule has 1 rings (SSSR count). The van der Waals surface area contributed by atoms with E-state index in [2.05, 4.69) is 10.6 Å². The van der Waals surface area contributed by atoms with Gasteiger partial charge in [0.25, 0.3) is 0 Å². The number of aliphatic carboxylic acids is 1. The largest absolute Gasteiger partial charge is 0.480 e. The van der Waals surface area contributed by atoms with Crippen molar-refractivity contribution < 1.29 is 14.7 Å². The Bertz CT molecular complexity index is 309. The lowest BCUT2D eigenvalue weighted by atomic mass is 10.00. The SMILES string of the molecule is CCC(C)(NC(=O)NCC1CSCCS1)C(=O)O.